The van der Waals surface area contributed by atoms with Gasteiger partial charge in [0.25, 0.3) is 5.91 Å². The maximum Gasteiger partial charge on any atom is 0.255 e. The Morgan fingerprint density at radius 3 is 2.68 bits per heavy atom. The number of fused-ring (bicyclic) bond motifs is 3. The Labute approximate surface area is 199 Å². The van der Waals surface area contributed by atoms with Crippen molar-refractivity contribution in [2.45, 2.75) is 62.3 Å². The molecule has 3 saturated heterocycles. The second kappa shape index (κ2) is 7.54. The van der Waals surface area contributed by atoms with Crippen LogP contribution in [0.5, 0.6) is 5.75 Å². The third kappa shape index (κ3) is 3.02. The van der Waals surface area contributed by atoms with Gasteiger partial charge in [-0.3, -0.25) is 19.5 Å². The monoisotopic (exact) mass is 458 g/mol. The van der Waals surface area contributed by atoms with Crippen molar-refractivity contribution in [2.24, 2.45) is 5.92 Å². The van der Waals surface area contributed by atoms with Gasteiger partial charge < -0.3 is 15.0 Å². The number of nitrogens with one attached hydrogen (secondary N) is 1. The van der Waals surface area contributed by atoms with Gasteiger partial charge in [-0.05, 0) is 79.5 Å². The minimum Gasteiger partial charge on any atom is -0.489 e. The molecule has 8 rings (SSSR count). The van der Waals surface area contributed by atoms with Crippen molar-refractivity contribution in [3.8, 4) is 5.75 Å². The summed E-state index contributed by atoms with van der Waals surface area (Å²) in [6.45, 7) is 3.40. The molecule has 2 saturated carbocycles. The third-order valence-electron chi connectivity index (χ3n) is 8.89. The molecule has 2 atom stereocenters. The normalized spacial score (nSPS) is 32.7. The van der Waals surface area contributed by atoms with Gasteiger partial charge in [-0.2, -0.15) is 0 Å². The highest BCUT2D eigenvalue weighted by molar-refractivity contribution is 6.03. The van der Waals surface area contributed by atoms with E-state index in [1.807, 2.05) is 35.5 Å². The summed E-state index contributed by atoms with van der Waals surface area (Å²) >= 11 is 0. The van der Waals surface area contributed by atoms with E-state index in [1.165, 1.54) is 18.4 Å². The number of likely N-dealkylation sites (tertiary alicyclic amines) is 1. The Hall–Kier alpha value is -2.93. The Balaban J connectivity index is 1.03. The highest BCUT2D eigenvalue weighted by atomic mass is 16.5. The fraction of sp³-hybridized carbons (Fsp3) is 0.519. The summed E-state index contributed by atoms with van der Waals surface area (Å²) in [4.78, 5) is 34.3. The fourth-order valence-corrected chi connectivity index (χ4v) is 6.95. The molecule has 2 aromatic rings. The van der Waals surface area contributed by atoms with Gasteiger partial charge in [0.05, 0.1) is 0 Å². The van der Waals surface area contributed by atoms with Crippen LogP contribution in [0, 0.1) is 5.92 Å². The Kier molecular flexibility index (Phi) is 4.53. The van der Waals surface area contributed by atoms with Gasteiger partial charge in [0.1, 0.15) is 17.4 Å². The van der Waals surface area contributed by atoms with Crippen molar-refractivity contribution in [2.75, 3.05) is 19.6 Å². The van der Waals surface area contributed by atoms with Gasteiger partial charge in [0, 0.05) is 56.1 Å². The van der Waals surface area contributed by atoms with E-state index in [4.69, 9.17) is 4.74 Å². The third-order valence-corrected chi connectivity index (χ3v) is 8.89. The summed E-state index contributed by atoms with van der Waals surface area (Å²) in [5, 5.41) is 2.98. The van der Waals surface area contributed by atoms with E-state index in [-0.39, 0.29) is 17.9 Å². The highest BCUT2D eigenvalue weighted by Crippen LogP contribution is 2.48. The fourth-order valence-electron chi connectivity index (χ4n) is 6.95. The van der Waals surface area contributed by atoms with Gasteiger partial charge in [-0.1, -0.05) is 0 Å². The lowest BCUT2D eigenvalue weighted by atomic mass is 9.64. The summed E-state index contributed by atoms with van der Waals surface area (Å²) in [5.74, 6) is 1.93. The van der Waals surface area contributed by atoms with E-state index in [9.17, 15) is 9.59 Å². The predicted molar refractivity (Wildman–Crippen MR) is 125 cm³/mol. The van der Waals surface area contributed by atoms with Gasteiger partial charge >= 0.3 is 0 Å². The average Bonchev–Trinajstić information content (AvgIpc) is 3.37. The van der Waals surface area contributed by atoms with E-state index in [1.54, 1.807) is 0 Å². The molecule has 1 N–H and O–H groups in total. The largest absolute Gasteiger partial charge is 0.489 e. The number of amides is 2. The van der Waals surface area contributed by atoms with E-state index >= 15 is 0 Å². The van der Waals surface area contributed by atoms with Crippen LogP contribution in [0.1, 0.15) is 59.5 Å². The lowest BCUT2D eigenvalue weighted by Crippen LogP contribution is -2.71. The lowest BCUT2D eigenvalue weighted by molar-refractivity contribution is -0.148. The van der Waals surface area contributed by atoms with Crippen molar-refractivity contribution < 1.29 is 14.3 Å². The quantitative estimate of drug-likeness (QED) is 0.746. The first-order valence-electron chi connectivity index (χ1n) is 12.6. The van der Waals surface area contributed by atoms with Crippen molar-refractivity contribution >= 4 is 11.8 Å². The number of ether oxygens (including phenoxy) is 1. The number of piperidine rings is 2. The van der Waals surface area contributed by atoms with E-state index in [2.05, 4.69) is 27.3 Å². The number of hydrogen-bond acceptors (Lipinski definition) is 5. The summed E-state index contributed by atoms with van der Waals surface area (Å²) in [5.41, 5.74) is 2.43. The molecule has 0 unspecified atom stereocenters. The number of carbonyl (C=O) groups is 2. The van der Waals surface area contributed by atoms with Gasteiger partial charge in [0.2, 0.25) is 5.91 Å². The molecule has 4 aliphatic heterocycles. The van der Waals surface area contributed by atoms with Crippen LogP contribution in [0.4, 0.5) is 0 Å². The van der Waals surface area contributed by atoms with Crippen LogP contribution >= 0.6 is 0 Å². The van der Waals surface area contributed by atoms with Crippen LogP contribution in [0.15, 0.2) is 42.7 Å². The Morgan fingerprint density at radius 2 is 1.88 bits per heavy atom. The van der Waals surface area contributed by atoms with Crippen molar-refractivity contribution in [1.82, 2.24) is 20.1 Å². The molecule has 5 heterocycles. The average molecular weight is 459 g/mol. The summed E-state index contributed by atoms with van der Waals surface area (Å²) < 4.78 is 6.52. The van der Waals surface area contributed by atoms with E-state index in [0.29, 0.717) is 24.4 Å². The first kappa shape index (κ1) is 20.4. The van der Waals surface area contributed by atoms with Gasteiger partial charge in [-0.25, -0.2) is 0 Å². The Bertz CT molecular complexity index is 1140. The number of carbonyl (C=O) groups excluding carboxylic acids is 2. The molecule has 5 fully saturated rings. The summed E-state index contributed by atoms with van der Waals surface area (Å²) in [6, 6.07) is 10.6. The minimum atomic E-state index is -0.639. The van der Waals surface area contributed by atoms with Crippen LogP contribution in [0.3, 0.4) is 0 Å². The maximum absolute atomic E-state index is 13.2. The van der Waals surface area contributed by atoms with E-state index < -0.39 is 5.54 Å². The standard InChI is InChI=1S/C27H30N4O3/c32-25-22-5-4-21(10-19(22)16-31(25)27-11-17(12-27)13-29-26(27)33)34-24-3-1-2-23(24)30-14-20(15-30)18-6-8-28-9-7-18/h4-10,17,20,23-24H,1-3,11-16H2,(H,29,33)/t17?,23-,24-,27?/m1/s1. The van der Waals surface area contributed by atoms with Gasteiger partial charge in [0.15, 0.2) is 0 Å². The van der Waals surface area contributed by atoms with E-state index in [0.717, 1.165) is 55.8 Å². The molecule has 7 heteroatoms. The number of hydrogen-bond donors (Lipinski definition) is 1. The van der Waals surface area contributed by atoms with Crippen LogP contribution in [0.2, 0.25) is 0 Å². The number of benzene rings is 1. The molecule has 0 radical (unpaired) electrons. The molecule has 0 spiro atoms. The zero-order valence-electron chi connectivity index (χ0n) is 19.3. The molecule has 1 aromatic carbocycles. The summed E-state index contributed by atoms with van der Waals surface area (Å²) in [7, 11) is 0. The molecule has 1 aromatic heterocycles. The molecule has 2 amide bonds. The zero-order valence-corrected chi connectivity index (χ0v) is 19.3. The molecular formula is C27H30N4O3. The maximum atomic E-state index is 13.2. The Morgan fingerprint density at radius 1 is 1.06 bits per heavy atom. The minimum absolute atomic E-state index is 0.0149. The topological polar surface area (TPSA) is 74.8 Å². The van der Waals surface area contributed by atoms with Crippen LogP contribution in [0.25, 0.3) is 0 Å². The SMILES string of the molecule is O=C1c2ccc(O[C@@H]3CCC[C@H]3N3CC(c4ccncc4)C3)cc2CN1C12CC(CNC1=O)C2. The summed E-state index contributed by atoms with van der Waals surface area (Å²) in [6.07, 6.45) is 8.94. The number of nitrogens with zero attached hydrogens (tertiary/aromatic N) is 3. The number of aromatic nitrogens is 1. The molecule has 176 valence electrons. The van der Waals surface area contributed by atoms with Gasteiger partial charge in [-0.15, -0.1) is 0 Å². The van der Waals surface area contributed by atoms with Crippen LogP contribution in [-0.2, 0) is 11.3 Å². The molecule has 7 nitrogen and oxygen atoms in total. The first-order valence-corrected chi connectivity index (χ1v) is 12.6. The molecule has 2 aliphatic carbocycles. The first-order chi connectivity index (χ1) is 16.6. The number of rotatable bonds is 5. The van der Waals surface area contributed by atoms with Crippen LogP contribution < -0.4 is 10.1 Å². The second-order valence-corrected chi connectivity index (χ2v) is 10.8. The van der Waals surface area contributed by atoms with Crippen molar-refractivity contribution in [1.29, 1.82) is 0 Å². The van der Waals surface area contributed by atoms with Crippen molar-refractivity contribution in [3.05, 3.63) is 59.4 Å². The predicted octanol–water partition coefficient (Wildman–Crippen LogP) is 2.72. The second-order valence-electron chi connectivity index (χ2n) is 10.8. The number of pyridine rings is 1. The zero-order chi connectivity index (χ0) is 22.9. The highest BCUT2D eigenvalue weighted by Gasteiger charge is 2.59. The smallest absolute Gasteiger partial charge is 0.255 e. The molecule has 2 bridgehead atoms. The van der Waals surface area contributed by atoms with Crippen molar-refractivity contribution in [3.63, 3.8) is 0 Å². The molecule has 6 aliphatic rings. The lowest BCUT2D eigenvalue weighted by Gasteiger charge is -2.55. The van der Waals surface area contributed by atoms with Crippen LogP contribution in [-0.4, -0.2) is 63.9 Å². The molecular weight excluding hydrogens is 428 g/mol. The molecule has 34 heavy (non-hydrogen) atoms.